The van der Waals surface area contributed by atoms with Gasteiger partial charge in [-0.15, -0.1) is 0 Å². The molecule has 25 heavy (non-hydrogen) atoms. The molecule has 0 spiro atoms. The van der Waals surface area contributed by atoms with Crippen LogP contribution in [0.25, 0.3) is 0 Å². The van der Waals surface area contributed by atoms with Gasteiger partial charge in [0.1, 0.15) is 11.5 Å². The number of nitrogens with one attached hydrogen (secondary N) is 1. The van der Waals surface area contributed by atoms with Gasteiger partial charge in [-0.25, -0.2) is 0 Å². The molecule has 5 heteroatoms. The largest absolute Gasteiger partial charge is 0.457 e. The summed E-state index contributed by atoms with van der Waals surface area (Å²) in [6, 6.07) is 17.9. The van der Waals surface area contributed by atoms with Crippen LogP contribution >= 0.6 is 0 Å². The van der Waals surface area contributed by atoms with Crippen LogP contribution in [0.3, 0.4) is 0 Å². The Hall–Kier alpha value is -3.18. The number of ether oxygens (including phenoxy) is 1. The average Bonchev–Trinajstić information content (AvgIpc) is 2.65. The Kier molecular flexibility index (Phi) is 5.39. The maximum absolute atomic E-state index is 12.4. The Labute approximate surface area is 145 Å². The van der Waals surface area contributed by atoms with Crippen LogP contribution in [0.4, 0.5) is 5.69 Å². The third-order valence-corrected chi connectivity index (χ3v) is 3.59. The van der Waals surface area contributed by atoms with Gasteiger partial charge in [-0.1, -0.05) is 18.2 Å². The van der Waals surface area contributed by atoms with E-state index in [1.807, 2.05) is 24.3 Å². The van der Waals surface area contributed by atoms with Crippen molar-refractivity contribution in [2.45, 2.75) is 6.42 Å². The van der Waals surface area contributed by atoms with Gasteiger partial charge in [0.05, 0.1) is 0 Å². The third kappa shape index (κ3) is 4.65. The zero-order chi connectivity index (χ0) is 17.5. The lowest BCUT2D eigenvalue weighted by Crippen LogP contribution is -2.11. The van der Waals surface area contributed by atoms with Crippen LogP contribution in [0.5, 0.6) is 11.5 Å². The van der Waals surface area contributed by atoms with Crippen molar-refractivity contribution in [1.29, 1.82) is 0 Å². The van der Waals surface area contributed by atoms with Crippen LogP contribution in [-0.2, 0) is 6.42 Å². The molecular weight excluding hydrogens is 316 g/mol. The number of anilines is 1. The molecule has 1 heterocycles. The number of hydrogen-bond acceptors (Lipinski definition) is 4. The van der Waals surface area contributed by atoms with E-state index >= 15 is 0 Å². The lowest BCUT2D eigenvalue weighted by atomic mass is 10.1. The third-order valence-electron chi connectivity index (χ3n) is 3.59. The minimum Gasteiger partial charge on any atom is -0.457 e. The predicted molar refractivity (Wildman–Crippen MR) is 95.9 cm³/mol. The zero-order valence-corrected chi connectivity index (χ0v) is 13.6. The Balaban J connectivity index is 1.68. The Bertz CT molecular complexity index is 833. The van der Waals surface area contributed by atoms with Crippen molar-refractivity contribution in [3.63, 3.8) is 0 Å². The minimum absolute atomic E-state index is 0.107. The molecule has 2 aromatic carbocycles. The first-order valence-corrected chi connectivity index (χ1v) is 7.94. The minimum atomic E-state index is -0.213. The lowest BCUT2D eigenvalue weighted by molar-refractivity contribution is 0.102. The monoisotopic (exact) mass is 334 g/mol. The molecule has 3 aromatic rings. The van der Waals surface area contributed by atoms with Crippen LogP contribution in [0.15, 0.2) is 73.1 Å². The molecule has 3 rings (SSSR count). The molecule has 5 nitrogen and oxygen atoms in total. The predicted octanol–water partition coefficient (Wildman–Crippen LogP) is 3.66. The molecule has 0 aliphatic heterocycles. The SMILES string of the molecule is O=C(Nc1ccc(CCO)cc1)c1cccc(Oc2ccncc2)c1. The maximum Gasteiger partial charge on any atom is 0.255 e. The molecule has 0 fully saturated rings. The Morgan fingerprint density at radius 3 is 2.48 bits per heavy atom. The first kappa shape index (κ1) is 16.7. The summed E-state index contributed by atoms with van der Waals surface area (Å²) in [5.74, 6) is 1.03. The summed E-state index contributed by atoms with van der Waals surface area (Å²) in [6.45, 7) is 0.107. The van der Waals surface area contributed by atoms with Crippen molar-refractivity contribution in [2.75, 3.05) is 11.9 Å². The summed E-state index contributed by atoms with van der Waals surface area (Å²) in [6.07, 6.45) is 3.89. The number of rotatable bonds is 6. The molecule has 0 saturated carbocycles. The molecule has 0 aliphatic rings. The average molecular weight is 334 g/mol. The van der Waals surface area contributed by atoms with Gasteiger partial charge >= 0.3 is 0 Å². The fourth-order valence-corrected chi connectivity index (χ4v) is 2.33. The fourth-order valence-electron chi connectivity index (χ4n) is 2.33. The Morgan fingerprint density at radius 2 is 1.76 bits per heavy atom. The summed E-state index contributed by atoms with van der Waals surface area (Å²) in [5, 5.41) is 11.8. The number of carbonyl (C=O) groups is 1. The van der Waals surface area contributed by atoms with Crippen molar-refractivity contribution in [3.8, 4) is 11.5 Å². The number of nitrogens with zero attached hydrogens (tertiary/aromatic N) is 1. The van der Waals surface area contributed by atoms with Gasteiger partial charge in [0.25, 0.3) is 5.91 Å². The van der Waals surface area contributed by atoms with Gasteiger partial charge in [-0.3, -0.25) is 9.78 Å². The number of hydrogen-bond donors (Lipinski definition) is 2. The number of carbonyl (C=O) groups excluding carboxylic acids is 1. The second-order valence-electron chi connectivity index (χ2n) is 5.44. The van der Waals surface area contributed by atoms with Gasteiger partial charge in [-0.05, 0) is 54.4 Å². The van der Waals surface area contributed by atoms with Crippen molar-refractivity contribution in [1.82, 2.24) is 4.98 Å². The van der Waals surface area contributed by atoms with Gasteiger partial charge in [0.15, 0.2) is 0 Å². The van der Waals surface area contributed by atoms with E-state index in [9.17, 15) is 4.79 Å². The number of aliphatic hydroxyl groups is 1. The highest BCUT2D eigenvalue weighted by Crippen LogP contribution is 2.22. The molecule has 0 bridgehead atoms. The van der Waals surface area contributed by atoms with Gasteiger partial charge in [-0.2, -0.15) is 0 Å². The molecule has 0 aliphatic carbocycles. The maximum atomic E-state index is 12.4. The quantitative estimate of drug-likeness (QED) is 0.722. The normalized spacial score (nSPS) is 10.3. The molecule has 0 saturated heterocycles. The first-order chi connectivity index (χ1) is 12.2. The molecule has 0 unspecified atom stereocenters. The van der Waals surface area contributed by atoms with Crippen molar-refractivity contribution in [2.24, 2.45) is 0 Å². The number of aliphatic hydroxyl groups excluding tert-OH is 1. The summed E-state index contributed by atoms with van der Waals surface area (Å²) < 4.78 is 5.72. The molecule has 0 radical (unpaired) electrons. The van der Waals surface area contributed by atoms with Crippen LogP contribution < -0.4 is 10.1 Å². The highest BCUT2D eigenvalue weighted by atomic mass is 16.5. The Morgan fingerprint density at radius 1 is 1.00 bits per heavy atom. The van der Waals surface area contributed by atoms with Gasteiger partial charge in [0.2, 0.25) is 0 Å². The van der Waals surface area contributed by atoms with E-state index in [-0.39, 0.29) is 12.5 Å². The molecule has 2 N–H and O–H groups in total. The van der Waals surface area contributed by atoms with E-state index in [0.717, 1.165) is 5.56 Å². The lowest BCUT2D eigenvalue weighted by Gasteiger charge is -2.09. The van der Waals surface area contributed by atoms with Crippen LogP contribution in [0, 0.1) is 0 Å². The first-order valence-electron chi connectivity index (χ1n) is 7.94. The van der Waals surface area contributed by atoms with Gasteiger partial charge in [0, 0.05) is 30.3 Å². The van der Waals surface area contributed by atoms with Crippen LogP contribution in [0.1, 0.15) is 15.9 Å². The molecule has 1 amide bonds. The number of benzene rings is 2. The molecule has 1 aromatic heterocycles. The summed E-state index contributed by atoms with van der Waals surface area (Å²) in [7, 11) is 0. The van der Waals surface area contributed by atoms with Crippen molar-refractivity contribution >= 4 is 11.6 Å². The van der Waals surface area contributed by atoms with E-state index < -0.39 is 0 Å². The fraction of sp³-hybridized carbons (Fsp3) is 0.100. The highest BCUT2D eigenvalue weighted by Gasteiger charge is 2.08. The smallest absolute Gasteiger partial charge is 0.255 e. The zero-order valence-electron chi connectivity index (χ0n) is 13.6. The number of pyridine rings is 1. The summed E-state index contributed by atoms with van der Waals surface area (Å²) in [5.41, 5.74) is 2.23. The molecular formula is C20H18N2O3. The van der Waals surface area contributed by atoms with E-state index in [1.54, 1.807) is 48.8 Å². The number of amides is 1. The van der Waals surface area contributed by atoms with E-state index in [1.165, 1.54) is 0 Å². The van der Waals surface area contributed by atoms with Crippen molar-refractivity contribution < 1.29 is 14.6 Å². The molecule has 0 atom stereocenters. The number of aromatic nitrogens is 1. The second kappa shape index (κ2) is 8.08. The second-order valence-corrected chi connectivity index (χ2v) is 5.44. The van der Waals surface area contributed by atoms with Crippen LogP contribution in [0.2, 0.25) is 0 Å². The standard InChI is InChI=1S/C20H18N2O3/c23-13-10-15-4-6-17(7-5-15)22-20(24)16-2-1-3-19(14-16)25-18-8-11-21-12-9-18/h1-9,11-12,14,23H,10,13H2,(H,22,24). The summed E-state index contributed by atoms with van der Waals surface area (Å²) in [4.78, 5) is 16.4. The van der Waals surface area contributed by atoms with E-state index in [4.69, 9.17) is 9.84 Å². The van der Waals surface area contributed by atoms with Crippen LogP contribution in [-0.4, -0.2) is 22.6 Å². The topological polar surface area (TPSA) is 71.5 Å². The molecule has 126 valence electrons. The van der Waals surface area contributed by atoms with E-state index in [2.05, 4.69) is 10.3 Å². The van der Waals surface area contributed by atoms with Gasteiger partial charge < -0.3 is 15.2 Å². The van der Waals surface area contributed by atoms with Crippen molar-refractivity contribution in [3.05, 3.63) is 84.2 Å². The highest BCUT2D eigenvalue weighted by molar-refractivity contribution is 6.04. The van der Waals surface area contributed by atoms with E-state index in [0.29, 0.717) is 29.2 Å². The summed E-state index contributed by atoms with van der Waals surface area (Å²) >= 11 is 0.